The SMILES string of the molecule is CC.CCCN(Cc1ncc(-c2ccc(-c3ccc(-c4cnc(C5CCOCCCCCCC(=O)N5)[nH]4)cc3)cc2)[nH]1)C(=O)C(NC(=O)OC)C(C)C. The highest BCUT2D eigenvalue weighted by molar-refractivity contribution is 5.86. The molecule has 1 aliphatic rings. The van der Waals surface area contributed by atoms with Crippen LogP contribution in [0.2, 0.25) is 0 Å². The van der Waals surface area contributed by atoms with E-state index < -0.39 is 12.1 Å². The molecule has 4 aromatic rings. The highest BCUT2D eigenvalue weighted by atomic mass is 16.5. The van der Waals surface area contributed by atoms with E-state index in [0.717, 1.165) is 78.2 Å². The second-order valence-corrected chi connectivity index (χ2v) is 13.4. The molecule has 286 valence electrons. The van der Waals surface area contributed by atoms with Crippen LogP contribution in [0.15, 0.2) is 60.9 Å². The molecule has 3 amide bonds. The number of hydrogen-bond acceptors (Lipinski definition) is 7. The van der Waals surface area contributed by atoms with Crippen molar-refractivity contribution in [1.29, 1.82) is 0 Å². The van der Waals surface area contributed by atoms with Gasteiger partial charge >= 0.3 is 6.09 Å². The fourth-order valence-corrected chi connectivity index (χ4v) is 6.24. The number of imidazole rings is 2. The second kappa shape index (κ2) is 20.9. The van der Waals surface area contributed by atoms with Crippen molar-refractivity contribution in [2.45, 2.75) is 98.2 Å². The number of carbonyl (C=O) groups is 3. The van der Waals surface area contributed by atoms with Gasteiger partial charge in [-0.25, -0.2) is 14.8 Å². The molecule has 4 N–H and O–H groups in total. The summed E-state index contributed by atoms with van der Waals surface area (Å²) in [5, 5.41) is 5.82. The standard InChI is InChI=1S/C39H51N7O5.C2H6/c1-5-20-46(38(48)36(26(2)3)45-39(49)50-4)25-34-40-23-32(42-34)29-15-11-27(12-16-29)28-13-17-30(18-14-28)33-24-41-37(44-33)31-19-22-51-21-9-7-6-8-10-35(47)43-31;1-2/h11-18,23-24,26,31,36H,5-10,19-22,25H2,1-4H3,(H,40,42)(H,41,44)(H,43,47)(H,45,49);1-2H3. The Morgan fingerprint density at radius 2 is 1.49 bits per heavy atom. The topological polar surface area (TPSA) is 154 Å². The third-order valence-corrected chi connectivity index (χ3v) is 9.15. The van der Waals surface area contributed by atoms with Crippen LogP contribution < -0.4 is 10.6 Å². The average Bonchev–Trinajstić information content (AvgIpc) is 3.86. The van der Waals surface area contributed by atoms with E-state index in [4.69, 9.17) is 9.47 Å². The zero-order valence-electron chi connectivity index (χ0n) is 32.2. The van der Waals surface area contributed by atoms with Crippen LogP contribution in [0.4, 0.5) is 4.79 Å². The van der Waals surface area contributed by atoms with E-state index >= 15 is 0 Å². The molecule has 5 rings (SSSR count). The first-order valence-electron chi connectivity index (χ1n) is 19.1. The molecule has 1 fully saturated rings. The smallest absolute Gasteiger partial charge is 0.407 e. The van der Waals surface area contributed by atoms with Gasteiger partial charge in [0.1, 0.15) is 17.7 Å². The lowest BCUT2D eigenvalue weighted by atomic mass is 10.0. The first-order valence-corrected chi connectivity index (χ1v) is 19.1. The van der Waals surface area contributed by atoms with Gasteiger partial charge in [0.25, 0.3) is 0 Å². The predicted octanol–water partition coefficient (Wildman–Crippen LogP) is 7.81. The van der Waals surface area contributed by atoms with E-state index in [0.29, 0.717) is 38.4 Å². The maximum atomic E-state index is 13.4. The van der Waals surface area contributed by atoms with Gasteiger partial charge in [-0.3, -0.25) is 9.59 Å². The fraction of sp³-hybridized carbons (Fsp3) is 0.488. The Labute approximate surface area is 313 Å². The minimum atomic E-state index is -0.698. The van der Waals surface area contributed by atoms with Gasteiger partial charge in [0, 0.05) is 26.2 Å². The van der Waals surface area contributed by atoms with Crippen LogP contribution in [0.3, 0.4) is 0 Å². The highest BCUT2D eigenvalue weighted by Gasteiger charge is 2.29. The van der Waals surface area contributed by atoms with Gasteiger partial charge in [-0.15, -0.1) is 0 Å². The lowest BCUT2D eigenvalue weighted by Crippen LogP contribution is -2.51. The Bertz CT molecular complexity index is 1710. The summed E-state index contributed by atoms with van der Waals surface area (Å²) in [6, 6.07) is 15.6. The van der Waals surface area contributed by atoms with Crippen molar-refractivity contribution in [3.63, 3.8) is 0 Å². The van der Waals surface area contributed by atoms with Gasteiger partial charge < -0.3 is 35.0 Å². The lowest BCUT2D eigenvalue weighted by Gasteiger charge is -2.28. The summed E-state index contributed by atoms with van der Waals surface area (Å²) in [4.78, 5) is 55.6. The summed E-state index contributed by atoms with van der Waals surface area (Å²) in [7, 11) is 1.29. The number of ether oxygens (including phenoxy) is 2. The van der Waals surface area contributed by atoms with Crippen molar-refractivity contribution in [2.75, 3.05) is 26.9 Å². The van der Waals surface area contributed by atoms with Crippen LogP contribution in [-0.2, 0) is 25.6 Å². The Hall–Kier alpha value is -4.97. The van der Waals surface area contributed by atoms with E-state index in [9.17, 15) is 14.4 Å². The van der Waals surface area contributed by atoms with Crippen LogP contribution in [0, 0.1) is 5.92 Å². The van der Waals surface area contributed by atoms with E-state index in [2.05, 4.69) is 67.0 Å². The van der Waals surface area contributed by atoms with Gasteiger partial charge in [0.2, 0.25) is 11.8 Å². The van der Waals surface area contributed by atoms with E-state index in [1.54, 1.807) is 11.1 Å². The summed E-state index contributed by atoms with van der Waals surface area (Å²) in [6.07, 6.45) is 9.00. The van der Waals surface area contributed by atoms with Gasteiger partial charge in [-0.1, -0.05) is 96.0 Å². The first-order chi connectivity index (χ1) is 25.7. The molecule has 0 bridgehead atoms. The number of H-pyrrole nitrogens is 2. The number of carbonyl (C=O) groups excluding carboxylic acids is 3. The Balaban J connectivity index is 0.00000308. The van der Waals surface area contributed by atoms with Crippen molar-refractivity contribution in [3.05, 3.63) is 72.6 Å². The molecule has 12 heteroatoms. The number of aromatic nitrogens is 4. The quantitative estimate of drug-likeness (QED) is 0.123. The van der Waals surface area contributed by atoms with Crippen molar-refractivity contribution < 1.29 is 23.9 Å². The van der Waals surface area contributed by atoms with Gasteiger partial charge in [0.05, 0.1) is 43.5 Å². The predicted molar refractivity (Wildman–Crippen MR) is 208 cm³/mol. The van der Waals surface area contributed by atoms with Crippen LogP contribution in [0.5, 0.6) is 0 Å². The number of aromatic amines is 2. The number of alkyl carbamates (subject to hydrolysis) is 1. The van der Waals surface area contributed by atoms with Crippen molar-refractivity contribution in [2.24, 2.45) is 5.92 Å². The maximum absolute atomic E-state index is 13.4. The Morgan fingerprint density at radius 1 is 0.887 bits per heavy atom. The van der Waals surface area contributed by atoms with Crippen LogP contribution in [-0.4, -0.2) is 75.7 Å². The zero-order chi connectivity index (χ0) is 38.2. The third-order valence-electron chi connectivity index (χ3n) is 9.15. The number of hydrogen-bond donors (Lipinski definition) is 4. The van der Waals surface area contributed by atoms with E-state index in [-0.39, 0.29) is 23.8 Å². The molecule has 3 heterocycles. The fourth-order valence-electron chi connectivity index (χ4n) is 6.24. The van der Waals surface area contributed by atoms with Crippen LogP contribution in [0.1, 0.15) is 97.3 Å². The molecule has 12 nitrogen and oxygen atoms in total. The molecule has 1 aliphatic heterocycles. The molecule has 53 heavy (non-hydrogen) atoms. The Kier molecular flexibility index (Phi) is 16.1. The average molecular weight is 728 g/mol. The molecule has 2 unspecified atom stereocenters. The molecule has 1 saturated heterocycles. The molecule has 2 aromatic heterocycles. The number of amides is 3. The Morgan fingerprint density at radius 3 is 2.11 bits per heavy atom. The molecular weight excluding hydrogens is 670 g/mol. The van der Waals surface area contributed by atoms with E-state index in [1.807, 2.05) is 52.9 Å². The van der Waals surface area contributed by atoms with Crippen LogP contribution >= 0.6 is 0 Å². The summed E-state index contributed by atoms with van der Waals surface area (Å²) < 4.78 is 10.5. The van der Waals surface area contributed by atoms with E-state index in [1.165, 1.54) is 7.11 Å². The number of benzene rings is 2. The summed E-state index contributed by atoms with van der Waals surface area (Å²) in [5.74, 6) is 1.17. The van der Waals surface area contributed by atoms with Crippen LogP contribution in [0.25, 0.3) is 33.6 Å². The van der Waals surface area contributed by atoms with Gasteiger partial charge in [-0.05, 0) is 53.9 Å². The molecule has 0 saturated carbocycles. The van der Waals surface area contributed by atoms with Crippen molar-refractivity contribution >= 4 is 17.9 Å². The number of rotatable bonds is 11. The second-order valence-electron chi connectivity index (χ2n) is 13.4. The summed E-state index contributed by atoms with van der Waals surface area (Å²) in [5.41, 5.74) is 5.87. The minimum absolute atomic E-state index is 0.0543. The molecule has 2 aromatic carbocycles. The number of nitrogens with one attached hydrogen (secondary N) is 4. The first kappa shape index (κ1) is 40.8. The summed E-state index contributed by atoms with van der Waals surface area (Å²) in [6.45, 7) is 11.9. The van der Waals surface area contributed by atoms with Gasteiger partial charge in [-0.2, -0.15) is 0 Å². The maximum Gasteiger partial charge on any atom is 0.407 e. The molecule has 0 aliphatic carbocycles. The lowest BCUT2D eigenvalue weighted by molar-refractivity contribution is -0.135. The monoisotopic (exact) mass is 727 g/mol. The molecule has 0 radical (unpaired) electrons. The summed E-state index contributed by atoms with van der Waals surface area (Å²) >= 11 is 0. The number of methoxy groups -OCH3 is 1. The molecule has 2 atom stereocenters. The largest absolute Gasteiger partial charge is 0.453 e. The normalized spacial score (nSPS) is 15.9. The molecule has 0 spiro atoms. The van der Waals surface area contributed by atoms with Crippen molar-refractivity contribution in [1.82, 2.24) is 35.5 Å². The minimum Gasteiger partial charge on any atom is -0.453 e. The molecular formula is C41H57N7O5. The van der Waals surface area contributed by atoms with Gasteiger partial charge in [0.15, 0.2) is 0 Å². The highest BCUT2D eigenvalue weighted by Crippen LogP contribution is 2.28. The third kappa shape index (κ3) is 11.8. The zero-order valence-corrected chi connectivity index (χ0v) is 32.2. The van der Waals surface area contributed by atoms with Crippen molar-refractivity contribution in [3.8, 4) is 33.6 Å². The number of nitrogens with zero attached hydrogens (tertiary/aromatic N) is 3.